The summed E-state index contributed by atoms with van der Waals surface area (Å²) >= 11 is 4.73. The molecular formula is C10H14BrNO2S. The maximum atomic E-state index is 11.6. The molecule has 84 valence electrons. The number of hydrogen-bond acceptors (Lipinski definition) is 3. The van der Waals surface area contributed by atoms with Gasteiger partial charge in [-0.1, -0.05) is 15.9 Å². The van der Waals surface area contributed by atoms with Gasteiger partial charge in [0.05, 0.1) is 18.1 Å². The lowest BCUT2D eigenvalue weighted by atomic mass is 10.3. The molecule has 0 aliphatic heterocycles. The fourth-order valence-electron chi connectivity index (χ4n) is 1.08. The van der Waals surface area contributed by atoms with Crippen molar-refractivity contribution < 1.29 is 9.53 Å². The number of rotatable bonds is 6. The van der Waals surface area contributed by atoms with Crippen LogP contribution in [0.25, 0.3) is 0 Å². The predicted molar refractivity (Wildman–Crippen MR) is 66.0 cm³/mol. The highest BCUT2D eigenvalue weighted by molar-refractivity contribution is 9.09. The highest BCUT2D eigenvalue weighted by atomic mass is 79.9. The number of halogens is 1. The summed E-state index contributed by atoms with van der Waals surface area (Å²) in [4.78, 5) is 12.4. The zero-order valence-electron chi connectivity index (χ0n) is 8.59. The SMILES string of the molecule is Cc1ccsc1C(=O)NCCOCCBr. The lowest BCUT2D eigenvalue weighted by Gasteiger charge is -2.04. The van der Waals surface area contributed by atoms with Crippen LogP contribution in [0, 0.1) is 6.92 Å². The monoisotopic (exact) mass is 291 g/mol. The van der Waals surface area contributed by atoms with E-state index in [0.29, 0.717) is 19.8 Å². The molecule has 1 N–H and O–H groups in total. The first-order valence-electron chi connectivity index (χ1n) is 4.71. The van der Waals surface area contributed by atoms with Crippen molar-refractivity contribution in [3.63, 3.8) is 0 Å². The summed E-state index contributed by atoms with van der Waals surface area (Å²) < 4.78 is 5.22. The molecule has 15 heavy (non-hydrogen) atoms. The molecule has 0 aliphatic rings. The number of aryl methyl sites for hydroxylation is 1. The molecule has 0 aliphatic carbocycles. The fourth-order valence-corrected chi connectivity index (χ4v) is 2.15. The summed E-state index contributed by atoms with van der Waals surface area (Å²) in [6.07, 6.45) is 0. The number of alkyl halides is 1. The Kier molecular flexibility index (Phi) is 5.90. The molecule has 1 aromatic heterocycles. The molecule has 1 aromatic rings. The molecular weight excluding hydrogens is 278 g/mol. The Labute approximate surface area is 102 Å². The molecule has 0 unspecified atom stereocenters. The van der Waals surface area contributed by atoms with Crippen LogP contribution in [-0.4, -0.2) is 31.0 Å². The van der Waals surface area contributed by atoms with Gasteiger partial charge < -0.3 is 10.1 Å². The van der Waals surface area contributed by atoms with Gasteiger partial charge in [0.1, 0.15) is 0 Å². The summed E-state index contributed by atoms with van der Waals surface area (Å²) in [7, 11) is 0. The van der Waals surface area contributed by atoms with Gasteiger partial charge in [-0.05, 0) is 23.9 Å². The van der Waals surface area contributed by atoms with E-state index < -0.39 is 0 Å². The standard InChI is InChI=1S/C10H14BrNO2S/c1-8-2-7-15-9(8)10(13)12-4-6-14-5-3-11/h2,7H,3-6H2,1H3,(H,12,13). The number of amides is 1. The largest absolute Gasteiger partial charge is 0.379 e. The highest BCUT2D eigenvalue weighted by Crippen LogP contribution is 2.14. The lowest BCUT2D eigenvalue weighted by molar-refractivity contribution is 0.0927. The van der Waals surface area contributed by atoms with Crippen molar-refractivity contribution in [2.45, 2.75) is 6.92 Å². The Morgan fingerprint density at radius 2 is 2.40 bits per heavy atom. The van der Waals surface area contributed by atoms with Crippen LogP contribution < -0.4 is 5.32 Å². The Bertz CT molecular complexity index is 314. The van der Waals surface area contributed by atoms with Crippen molar-refractivity contribution in [2.75, 3.05) is 25.1 Å². The van der Waals surface area contributed by atoms with E-state index in [1.807, 2.05) is 18.4 Å². The van der Waals surface area contributed by atoms with Crippen molar-refractivity contribution >= 4 is 33.2 Å². The summed E-state index contributed by atoms with van der Waals surface area (Å²) in [6.45, 7) is 3.73. The van der Waals surface area contributed by atoms with E-state index in [0.717, 1.165) is 15.8 Å². The molecule has 3 nitrogen and oxygen atoms in total. The Morgan fingerprint density at radius 3 is 3.00 bits per heavy atom. The van der Waals surface area contributed by atoms with E-state index in [1.165, 1.54) is 11.3 Å². The first-order valence-corrected chi connectivity index (χ1v) is 6.72. The van der Waals surface area contributed by atoms with Crippen LogP contribution in [0.2, 0.25) is 0 Å². The Hall–Kier alpha value is -0.390. The second kappa shape index (κ2) is 6.98. The minimum absolute atomic E-state index is 0.00931. The third-order valence-corrected chi connectivity index (χ3v) is 3.16. The molecule has 0 atom stereocenters. The molecule has 0 saturated heterocycles. The number of hydrogen-bond donors (Lipinski definition) is 1. The van der Waals surface area contributed by atoms with Gasteiger partial charge in [-0.3, -0.25) is 4.79 Å². The van der Waals surface area contributed by atoms with Gasteiger partial charge in [0, 0.05) is 11.9 Å². The molecule has 0 aromatic carbocycles. The fraction of sp³-hybridized carbons (Fsp3) is 0.500. The van der Waals surface area contributed by atoms with Gasteiger partial charge in [0.2, 0.25) is 0 Å². The third-order valence-electron chi connectivity index (χ3n) is 1.82. The van der Waals surface area contributed by atoms with Gasteiger partial charge in [-0.25, -0.2) is 0 Å². The molecule has 1 rings (SSSR count). The maximum Gasteiger partial charge on any atom is 0.261 e. The van der Waals surface area contributed by atoms with E-state index in [-0.39, 0.29) is 5.91 Å². The highest BCUT2D eigenvalue weighted by Gasteiger charge is 2.08. The number of ether oxygens (including phenoxy) is 1. The predicted octanol–water partition coefficient (Wildman–Crippen LogP) is 2.20. The van der Waals surface area contributed by atoms with Gasteiger partial charge in [-0.2, -0.15) is 0 Å². The van der Waals surface area contributed by atoms with Crippen LogP contribution in [0.5, 0.6) is 0 Å². The van der Waals surface area contributed by atoms with Gasteiger partial charge >= 0.3 is 0 Å². The average Bonchev–Trinajstić information content (AvgIpc) is 2.64. The zero-order chi connectivity index (χ0) is 11.1. The van der Waals surface area contributed by atoms with Crippen LogP contribution in [0.15, 0.2) is 11.4 Å². The first-order chi connectivity index (χ1) is 7.25. The molecule has 5 heteroatoms. The smallest absolute Gasteiger partial charge is 0.261 e. The second-order valence-corrected chi connectivity index (χ2v) is 4.70. The second-order valence-electron chi connectivity index (χ2n) is 2.99. The van der Waals surface area contributed by atoms with Gasteiger partial charge in [0.15, 0.2) is 0 Å². The van der Waals surface area contributed by atoms with Crippen molar-refractivity contribution in [1.29, 1.82) is 0 Å². The molecule has 0 radical (unpaired) electrons. The van der Waals surface area contributed by atoms with Crippen molar-refractivity contribution in [2.24, 2.45) is 0 Å². The Balaban J connectivity index is 2.22. The van der Waals surface area contributed by atoms with E-state index in [9.17, 15) is 4.79 Å². The lowest BCUT2D eigenvalue weighted by Crippen LogP contribution is -2.27. The summed E-state index contributed by atoms with van der Waals surface area (Å²) in [5.74, 6) is -0.00931. The number of thiophene rings is 1. The Morgan fingerprint density at radius 1 is 1.60 bits per heavy atom. The van der Waals surface area contributed by atoms with Crippen LogP contribution in [0.4, 0.5) is 0 Å². The molecule has 0 saturated carbocycles. The van der Waals surface area contributed by atoms with Crippen LogP contribution in [0.3, 0.4) is 0 Å². The number of carbonyl (C=O) groups is 1. The van der Waals surface area contributed by atoms with E-state index in [4.69, 9.17) is 4.74 Å². The topological polar surface area (TPSA) is 38.3 Å². The number of carbonyl (C=O) groups excluding carboxylic acids is 1. The summed E-state index contributed by atoms with van der Waals surface area (Å²) in [5.41, 5.74) is 1.03. The molecule has 0 bridgehead atoms. The maximum absolute atomic E-state index is 11.6. The normalized spacial score (nSPS) is 10.3. The molecule has 0 spiro atoms. The molecule has 1 heterocycles. The zero-order valence-corrected chi connectivity index (χ0v) is 11.0. The summed E-state index contributed by atoms with van der Waals surface area (Å²) in [5, 5.41) is 5.56. The molecule has 1 amide bonds. The van der Waals surface area contributed by atoms with E-state index in [2.05, 4.69) is 21.2 Å². The van der Waals surface area contributed by atoms with Crippen molar-refractivity contribution in [3.8, 4) is 0 Å². The average molecular weight is 292 g/mol. The van der Waals surface area contributed by atoms with Crippen LogP contribution >= 0.6 is 27.3 Å². The van der Waals surface area contributed by atoms with E-state index >= 15 is 0 Å². The number of nitrogens with one attached hydrogen (secondary N) is 1. The first kappa shape index (κ1) is 12.7. The van der Waals surface area contributed by atoms with Crippen LogP contribution in [0.1, 0.15) is 15.2 Å². The third kappa shape index (κ3) is 4.32. The molecule has 0 fully saturated rings. The van der Waals surface area contributed by atoms with E-state index in [1.54, 1.807) is 0 Å². The van der Waals surface area contributed by atoms with Gasteiger partial charge in [0.25, 0.3) is 5.91 Å². The minimum atomic E-state index is -0.00931. The van der Waals surface area contributed by atoms with Gasteiger partial charge in [-0.15, -0.1) is 11.3 Å². The summed E-state index contributed by atoms with van der Waals surface area (Å²) in [6, 6.07) is 1.95. The van der Waals surface area contributed by atoms with Crippen molar-refractivity contribution in [3.05, 3.63) is 21.9 Å². The van der Waals surface area contributed by atoms with Crippen LogP contribution in [-0.2, 0) is 4.74 Å². The minimum Gasteiger partial charge on any atom is -0.379 e. The van der Waals surface area contributed by atoms with Crippen molar-refractivity contribution in [1.82, 2.24) is 5.32 Å². The quantitative estimate of drug-likeness (QED) is 0.645.